The average molecular weight is 257 g/mol. The number of hydrogen-bond donors (Lipinski definition) is 1. The van der Waals surface area contributed by atoms with Gasteiger partial charge in [0.15, 0.2) is 0 Å². The number of nitrogens with one attached hydrogen (secondary N) is 1. The van der Waals surface area contributed by atoms with Gasteiger partial charge in [0.1, 0.15) is 5.82 Å². The lowest BCUT2D eigenvalue weighted by atomic mass is 9.97. The van der Waals surface area contributed by atoms with Crippen molar-refractivity contribution >= 4 is 0 Å². The molecule has 100 valence electrons. The lowest BCUT2D eigenvalue weighted by Crippen LogP contribution is -2.22. The number of benzene rings is 2. The second-order valence-corrected chi connectivity index (χ2v) is 5.21. The van der Waals surface area contributed by atoms with Gasteiger partial charge in [-0.15, -0.1) is 0 Å². The largest absolute Gasteiger partial charge is 0.310 e. The summed E-state index contributed by atoms with van der Waals surface area (Å²) in [6.45, 7) is 7.10. The zero-order chi connectivity index (χ0) is 13.8. The highest BCUT2D eigenvalue weighted by molar-refractivity contribution is 5.68. The molecule has 0 aliphatic carbocycles. The third-order valence-corrected chi connectivity index (χ3v) is 3.10. The molecule has 0 bridgehead atoms. The van der Waals surface area contributed by atoms with Crippen LogP contribution in [-0.2, 0) is 6.54 Å². The molecule has 1 nitrogen and oxygen atoms in total. The zero-order valence-electron chi connectivity index (χ0n) is 11.7. The van der Waals surface area contributed by atoms with Crippen LogP contribution in [0.25, 0.3) is 11.1 Å². The van der Waals surface area contributed by atoms with Crippen LogP contribution in [0.4, 0.5) is 4.39 Å². The molecule has 2 aromatic carbocycles. The Morgan fingerprint density at radius 3 is 2.58 bits per heavy atom. The molecule has 0 unspecified atom stereocenters. The van der Waals surface area contributed by atoms with E-state index in [1.807, 2.05) is 6.07 Å². The van der Waals surface area contributed by atoms with Gasteiger partial charge in [0.2, 0.25) is 0 Å². The summed E-state index contributed by atoms with van der Waals surface area (Å²) in [5.74, 6) is -0.193. The van der Waals surface area contributed by atoms with Gasteiger partial charge in [-0.3, -0.25) is 0 Å². The van der Waals surface area contributed by atoms with E-state index in [4.69, 9.17) is 0 Å². The molecule has 2 aromatic rings. The molecule has 0 heterocycles. The van der Waals surface area contributed by atoms with Crippen LogP contribution in [-0.4, -0.2) is 6.04 Å². The first-order chi connectivity index (χ1) is 9.06. The highest BCUT2D eigenvalue weighted by atomic mass is 19.1. The fourth-order valence-electron chi connectivity index (χ4n) is 2.08. The van der Waals surface area contributed by atoms with E-state index in [0.717, 1.165) is 17.7 Å². The third-order valence-electron chi connectivity index (χ3n) is 3.10. The Morgan fingerprint density at radius 1 is 1.11 bits per heavy atom. The van der Waals surface area contributed by atoms with E-state index >= 15 is 0 Å². The Morgan fingerprint density at radius 2 is 1.89 bits per heavy atom. The lowest BCUT2D eigenvalue weighted by Gasteiger charge is -2.14. The van der Waals surface area contributed by atoms with Gasteiger partial charge < -0.3 is 5.32 Å². The summed E-state index contributed by atoms with van der Waals surface area (Å²) in [7, 11) is 0. The van der Waals surface area contributed by atoms with Crippen LogP contribution in [0.2, 0.25) is 0 Å². The van der Waals surface area contributed by atoms with Crippen LogP contribution >= 0.6 is 0 Å². The van der Waals surface area contributed by atoms with Crippen LogP contribution in [0.5, 0.6) is 0 Å². The molecule has 0 fully saturated rings. The smallest absolute Gasteiger partial charge is 0.123 e. The van der Waals surface area contributed by atoms with E-state index in [2.05, 4.69) is 44.3 Å². The predicted molar refractivity (Wildman–Crippen MR) is 78.5 cm³/mol. The standard InChI is InChI=1S/C17H20FN/c1-12(2)19-11-15-8-7-13(3)9-17(15)14-5-4-6-16(18)10-14/h4-10,12,19H,11H2,1-3H3. The van der Waals surface area contributed by atoms with Crippen molar-refractivity contribution in [2.75, 3.05) is 0 Å². The molecule has 2 rings (SSSR count). The number of halogens is 1. The molecule has 0 spiro atoms. The van der Waals surface area contributed by atoms with Gasteiger partial charge in [0.05, 0.1) is 0 Å². The van der Waals surface area contributed by atoms with Gasteiger partial charge in [0.25, 0.3) is 0 Å². The molecule has 0 saturated heterocycles. The Balaban J connectivity index is 2.39. The van der Waals surface area contributed by atoms with Gasteiger partial charge in [-0.05, 0) is 35.7 Å². The molecule has 19 heavy (non-hydrogen) atoms. The monoisotopic (exact) mass is 257 g/mol. The van der Waals surface area contributed by atoms with Gasteiger partial charge in [-0.1, -0.05) is 49.7 Å². The maximum absolute atomic E-state index is 13.4. The Hall–Kier alpha value is -1.67. The second-order valence-electron chi connectivity index (χ2n) is 5.21. The quantitative estimate of drug-likeness (QED) is 0.861. The van der Waals surface area contributed by atoms with Gasteiger partial charge in [-0.2, -0.15) is 0 Å². The van der Waals surface area contributed by atoms with Gasteiger partial charge in [0, 0.05) is 12.6 Å². The molecule has 1 N–H and O–H groups in total. The van der Waals surface area contributed by atoms with Crippen LogP contribution in [0.3, 0.4) is 0 Å². The molecule has 0 saturated carbocycles. The molecular weight excluding hydrogens is 237 g/mol. The third kappa shape index (κ3) is 3.65. The summed E-state index contributed by atoms with van der Waals surface area (Å²) in [5.41, 5.74) is 4.43. The highest BCUT2D eigenvalue weighted by Gasteiger charge is 2.07. The summed E-state index contributed by atoms with van der Waals surface area (Å²) in [6, 6.07) is 13.5. The van der Waals surface area contributed by atoms with Crippen LogP contribution in [0.15, 0.2) is 42.5 Å². The summed E-state index contributed by atoms with van der Waals surface area (Å²) < 4.78 is 13.4. The summed E-state index contributed by atoms with van der Waals surface area (Å²) >= 11 is 0. The summed E-state index contributed by atoms with van der Waals surface area (Å²) in [6.07, 6.45) is 0. The number of aryl methyl sites for hydroxylation is 1. The average Bonchev–Trinajstić information content (AvgIpc) is 2.37. The molecular formula is C17H20FN. The Bertz CT molecular complexity index is 561. The first kappa shape index (κ1) is 13.8. The Kier molecular flexibility index (Phi) is 4.33. The maximum Gasteiger partial charge on any atom is 0.123 e. The van der Waals surface area contributed by atoms with E-state index in [-0.39, 0.29) is 5.82 Å². The minimum Gasteiger partial charge on any atom is -0.310 e. The molecule has 0 aliphatic heterocycles. The van der Waals surface area contributed by atoms with Crippen molar-refractivity contribution in [3.05, 3.63) is 59.4 Å². The summed E-state index contributed by atoms with van der Waals surface area (Å²) in [4.78, 5) is 0. The maximum atomic E-state index is 13.4. The van der Waals surface area contributed by atoms with Crippen molar-refractivity contribution in [1.29, 1.82) is 0 Å². The van der Waals surface area contributed by atoms with E-state index in [1.54, 1.807) is 12.1 Å². The lowest BCUT2D eigenvalue weighted by molar-refractivity contribution is 0.589. The highest BCUT2D eigenvalue weighted by Crippen LogP contribution is 2.25. The normalized spacial score (nSPS) is 11.0. The van der Waals surface area contributed by atoms with Crippen molar-refractivity contribution < 1.29 is 4.39 Å². The topological polar surface area (TPSA) is 12.0 Å². The van der Waals surface area contributed by atoms with Crippen molar-refractivity contribution in [2.45, 2.75) is 33.4 Å². The van der Waals surface area contributed by atoms with E-state index in [1.165, 1.54) is 17.2 Å². The van der Waals surface area contributed by atoms with Crippen molar-refractivity contribution in [3.63, 3.8) is 0 Å². The fourth-order valence-corrected chi connectivity index (χ4v) is 2.08. The first-order valence-corrected chi connectivity index (χ1v) is 6.65. The molecule has 0 aliphatic rings. The molecule has 0 atom stereocenters. The molecule has 0 aromatic heterocycles. The molecule has 0 radical (unpaired) electrons. The fraction of sp³-hybridized carbons (Fsp3) is 0.294. The predicted octanol–water partition coefficient (Wildman–Crippen LogP) is 4.30. The second kappa shape index (κ2) is 5.98. The van der Waals surface area contributed by atoms with E-state index < -0.39 is 0 Å². The van der Waals surface area contributed by atoms with Crippen molar-refractivity contribution in [3.8, 4) is 11.1 Å². The minimum absolute atomic E-state index is 0.193. The molecule has 2 heteroatoms. The minimum atomic E-state index is -0.193. The van der Waals surface area contributed by atoms with Crippen molar-refractivity contribution in [1.82, 2.24) is 5.32 Å². The zero-order valence-corrected chi connectivity index (χ0v) is 11.7. The van der Waals surface area contributed by atoms with E-state index in [9.17, 15) is 4.39 Å². The number of rotatable bonds is 4. The van der Waals surface area contributed by atoms with Crippen molar-refractivity contribution in [2.24, 2.45) is 0 Å². The molecule has 0 amide bonds. The Labute approximate surface area is 114 Å². The van der Waals surface area contributed by atoms with Crippen LogP contribution in [0, 0.1) is 12.7 Å². The SMILES string of the molecule is Cc1ccc(CNC(C)C)c(-c2cccc(F)c2)c1. The number of hydrogen-bond acceptors (Lipinski definition) is 1. The van der Waals surface area contributed by atoms with Crippen LogP contribution in [0.1, 0.15) is 25.0 Å². The van der Waals surface area contributed by atoms with Gasteiger partial charge in [-0.25, -0.2) is 4.39 Å². The van der Waals surface area contributed by atoms with Gasteiger partial charge >= 0.3 is 0 Å². The first-order valence-electron chi connectivity index (χ1n) is 6.65. The van der Waals surface area contributed by atoms with Crippen LogP contribution < -0.4 is 5.32 Å². The van der Waals surface area contributed by atoms with E-state index in [0.29, 0.717) is 6.04 Å². The summed E-state index contributed by atoms with van der Waals surface area (Å²) in [5, 5.41) is 3.41.